The molecule has 1 N–H and O–H groups in total. The predicted octanol–water partition coefficient (Wildman–Crippen LogP) is 3.98. The number of imide groups is 1. The van der Waals surface area contributed by atoms with Gasteiger partial charge in [0.2, 0.25) is 5.91 Å². The number of aryl methyl sites for hydroxylation is 1. The maximum absolute atomic E-state index is 13.4. The average Bonchev–Trinajstić information content (AvgIpc) is 3.00. The van der Waals surface area contributed by atoms with Crippen LogP contribution >= 0.6 is 0 Å². The summed E-state index contributed by atoms with van der Waals surface area (Å²) in [5.41, 5.74) is 2.35. The Morgan fingerprint density at radius 1 is 0.933 bits per heavy atom. The number of amides is 3. The number of anilines is 1. The number of rotatable bonds is 5. The number of halogens is 1. The minimum atomic E-state index is -1.05. The van der Waals surface area contributed by atoms with Gasteiger partial charge in [-0.1, -0.05) is 42.5 Å². The van der Waals surface area contributed by atoms with Gasteiger partial charge in [0.15, 0.2) is 0 Å². The lowest BCUT2D eigenvalue weighted by molar-refractivity contribution is -0.119. The van der Waals surface area contributed by atoms with Gasteiger partial charge in [0, 0.05) is 12.1 Å². The molecule has 3 amide bonds. The minimum absolute atomic E-state index is 0.165. The lowest BCUT2D eigenvalue weighted by Gasteiger charge is -2.26. The van der Waals surface area contributed by atoms with Crippen molar-refractivity contribution in [3.63, 3.8) is 0 Å². The van der Waals surface area contributed by atoms with Crippen LogP contribution in [0, 0.1) is 12.7 Å². The molecule has 0 aromatic heterocycles. The van der Waals surface area contributed by atoms with Gasteiger partial charge < -0.3 is 5.32 Å². The molecule has 6 heteroatoms. The van der Waals surface area contributed by atoms with Crippen molar-refractivity contribution in [2.75, 3.05) is 5.32 Å². The van der Waals surface area contributed by atoms with Crippen molar-refractivity contribution in [1.29, 1.82) is 0 Å². The van der Waals surface area contributed by atoms with Crippen LogP contribution < -0.4 is 5.32 Å². The summed E-state index contributed by atoms with van der Waals surface area (Å²) < 4.78 is 13.4. The third-order valence-corrected chi connectivity index (χ3v) is 5.16. The van der Waals surface area contributed by atoms with Gasteiger partial charge in [-0.15, -0.1) is 0 Å². The van der Waals surface area contributed by atoms with Crippen molar-refractivity contribution in [3.05, 3.63) is 101 Å². The highest BCUT2D eigenvalue weighted by atomic mass is 19.1. The summed E-state index contributed by atoms with van der Waals surface area (Å²) in [5, 5.41) is 2.75. The van der Waals surface area contributed by atoms with E-state index in [2.05, 4.69) is 5.32 Å². The number of nitrogens with one attached hydrogen (secondary N) is 1. The van der Waals surface area contributed by atoms with Crippen LogP contribution in [0.15, 0.2) is 72.8 Å². The standard InChI is InChI=1S/C24H19FN2O3/c1-15-13-17(25)11-12-20(15)26-22(28)21(14-16-7-3-2-4-8-16)27-23(29)18-9-5-6-10-19(18)24(27)30/h2-13,21H,14H2,1H3,(H,26,28)/t21-/m0/s1. The normalized spacial score (nSPS) is 13.9. The fraction of sp³-hybridized carbons (Fsp3) is 0.125. The smallest absolute Gasteiger partial charge is 0.262 e. The molecule has 0 fully saturated rings. The van der Waals surface area contributed by atoms with E-state index in [0.717, 1.165) is 10.5 Å². The molecular formula is C24H19FN2O3. The van der Waals surface area contributed by atoms with Gasteiger partial charge in [-0.3, -0.25) is 19.3 Å². The van der Waals surface area contributed by atoms with E-state index in [4.69, 9.17) is 0 Å². The van der Waals surface area contributed by atoms with Gasteiger partial charge in [0.05, 0.1) is 11.1 Å². The summed E-state index contributed by atoms with van der Waals surface area (Å²) >= 11 is 0. The molecule has 4 rings (SSSR count). The van der Waals surface area contributed by atoms with Crippen molar-refractivity contribution in [3.8, 4) is 0 Å². The number of hydrogen-bond acceptors (Lipinski definition) is 3. The minimum Gasteiger partial charge on any atom is -0.324 e. The number of nitrogens with zero attached hydrogens (tertiary/aromatic N) is 1. The monoisotopic (exact) mass is 402 g/mol. The van der Waals surface area contributed by atoms with E-state index < -0.39 is 29.6 Å². The SMILES string of the molecule is Cc1cc(F)ccc1NC(=O)[C@H](Cc1ccccc1)N1C(=O)c2ccccc2C1=O. The molecule has 1 aliphatic rings. The Morgan fingerprint density at radius 3 is 2.13 bits per heavy atom. The molecule has 0 saturated heterocycles. The van der Waals surface area contributed by atoms with E-state index in [9.17, 15) is 18.8 Å². The van der Waals surface area contributed by atoms with E-state index in [1.807, 2.05) is 30.3 Å². The molecule has 150 valence electrons. The molecule has 1 aliphatic heterocycles. The number of carbonyl (C=O) groups is 3. The molecule has 0 bridgehead atoms. The maximum Gasteiger partial charge on any atom is 0.262 e. The maximum atomic E-state index is 13.4. The van der Waals surface area contributed by atoms with E-state index in [1.54, 1.807) is 31.2 Å². The Kier molecular flexibility index (Phi) is 5.14. The Bertz CT molecular complexity index is 1110. The molecule has 5 nitrogen and oxygen atoms in total. The zero-order valence-corrected chi connectivity index (χ0v) is 16.3. The first kappa shape index (κ1) is 19.5. The first-order chi connectivity index (χ1) is 14.5. The zero-order chi connectivity index (χ0) is 21.3. The summed E-state index contributed by atoms with van der Waals surface area (Å²) in [6.45, 7) is 1.67. The van der Waals surface area contributed by atoms with Gasteiger partial charge in [0.1, 0.15) is 11.9 Å². The van der Waals surface area contributed by atoms with Crippen LogP contribution in [0.5, 0.6) is 0 Å². The van der Waals surface area contributed by atoms with Gasteiger partial charge in [0.25, 0.3) is 11.8 Å². The third kappa shape index (κ3) is 3.59. The molecule has 30 heavy (non-hydrogen) atoms. The van der Waals surface area contributed by atoms with E-state index in [0.29, 0.717) is 11.3 Å². The van der Waals surface area contributed by atoms with Gasteiger partial charge in [-0.05, 0) is 48.4 Å². The second-order valence-corrected chi connectivity index (χ2v) is 7.18. The summed E-state index contributed by atoms with van der Waals surface area (Å²) in [5.74, 6) is -1.92. The quantitative estimate of drug-likeness (QED) is 0.657. The largest absolute Gasteiger partial charge is 0.324 e. The molecule has 3 aromatic carbocycles. The molecule has 0 unspecified atom stereocenters. The topological polar surface area (TPSA) is 66.5 Å². The van der Waals surface area contributed by atoms with E-state index >= 15 is 0 Å². The molecule has 0 aliphatic carbocycles. The Balaban J connectivity index is 1.69. The fourth-order valence-electron chi connectivity index (χ4n) is 3.61. The highest BCUT2D eigenvalue weighted by Crippen LogP contribution is 2.27. The highest BCUT2D eigenvalue weighted by Gasteiger charge is 2.42. The lowest BCUT2D eigenvalue weighted by atomic mass is 10.0. The first-order valence-corrected chi connectivity index (χ1v) is 9.53. The molecule has 3 aromatic rings. The van der Waals surface area contributed by atoms with E-state index in [-0.39, 0.29) is 17.5 Å². The van der Waals surface area contributed by atoms with Crippen molar-refractivity contribution < 1.29 is 18.8 Å². The van der Waals surface area contributed by atoms with Crippen molar-refractivity contribution in [1.82, 2.24) is 4.90 Å². The van der Waals surface area contributed by atoms with Crippen LogP contribution in [0.25, 0.3) is 0 Å². The Labute approximate surface area is 173 Å². The van der Waals surface area contributed by atoms with Crippen LogP contribution in [0.1, 0.15) is 31.8 Å². The number of carbonyl (C=O) groups excluding carboxylic acids is 3. The van der Waals surface area contributed by atoms with Crippen LogP contribution in [-0.2, 0) is 11.2 Å². The summed E-state index contributed by atoms with van der Waals surface area (Å²) in [6.07, 6.45) is 0.165. The molecule has 1 heterocycles. The van der Waals surface area contributed by atoms with Crippen LogP contribution in [0.3, 0.4) is 0 Å². The predicted molar refractivity (Wildman–Crippen MR) is 111 cm³/mol. The van der Waals surface area contributed by atoms with Gasteiger partial charge in [-0.2, -0.15) is 0 Å². The molecule has 1 atom stereocenters. The van der Waals surface area contributed by atoms with Crippen LogP contribution in [0.4, 0.5) is 10.1 Å². The summed E-state index contributed by atoms with van der Waals surface area (Å²) in [6, 6.07) is 18.7. The van der Waals surface area contributed by atoms with Crippen LogP contribution in [0.2, 0.25) is 0 Å². The number of benzene rings is 3. The first-order valence-electron chi connectivity index (χ1n) is 9.53. The fourth-order valence-corrected chi connectivity index (χ4v) is 3.61. The summed E-state index contributed by atoms with van der Waals surface area (Å²) in [7, 11) is 0. The molecule has 0 spiro atoms. The van der Waals surface area contributed by atoms with Gasteiger partial charge in [-0.25, -0.2) is 4.39 Å². The lowest BCUT2D eigenvalue weighted by Crippen LogP contribution is -2.48. The summed E-state index contributed by atoms with van der Waals surface area (Å²) in [4.78, 5) is 40.2. The van der Waals surface area contributed by atoms with Crippen molar-refractivity contribution in [2.24, 2.45) is 0 Å². The number of hydrogen-bond donors (Lipinski definition) is 1. The molecular weight excluding hydrogens is 383 g/mol. The second-order valence-electron chi connectivity index (χ2n) is 7.18. The second kappa shape index (κ2) is 7.91. The average molecular weight is 402 g/mol. The van der Waals surface area contributed by atoms with Crippen molar-refractivity contribution in [2.45, 2.75) is 19.4 Å². The Hall–Kier alpha value is -3.80. The number of fused-ring (bicyclic) bond motifs is 1. The van der Waals surface area contributed by atoms with E-state index in [1.165, 1.54) is 18.2 Å². The Morgan fingerprint density at radius 2 is 1.53 bits per heavy atom. The molecule has 0 saturated carbocycles. The van der Waals surface area contributed by atoms with Crippen LogP contribution in [-0.4, -0.2) is 28.7 Å². The highest BCUT2D eigenvalue weighted by molar-refractivity contribution is 6.23. The van der Waals surface area contributed by atoms with Gasteiger partial charge >= 0.3 is 0 Å². The molecule has 0 radical (unpaired) electrons. The van der Waals surface area contributed by atoms with Crippen molar-refractivity contribution >= 4 is 23.4 Å². The zero-order valence-electron chi connectivity index (χ0n) is 16.3. The third-order valence-electron chi connectivity index (χ3n) is 5.16.